The second-order valence-corrected chi connectivity index (χ2v) is 6.91. The van der Waals surface area contributed by atoms with E-state index in [9.17, 15) is 9.59 Å². The molecule has 4 N–H and O–H groups in total. The first-order valence-corrected chi connectivity index (χ1v) is 9.89. The summed E-state index contributed by atoms with van der Waals surface area (Å²) in [7, 11) is 0. The standard InChI is InChI=1S/C19H39N3O3/c1-4-18(24)20-13-9-7-11-17(22-16(2)3)15-19(25)21-12-8-5-6-10-14-23/h16-17,22-23H,4-15H2,1-3H3,(H,20,24)(H,21,25). The van der Waals surface area contributed by atoms with Crippen LogP contribution in [-0.2, 0) is 9.59 Å². The van der Waals surface area contributed by atoms with Crippen molar-refractivity contribution in [2.24, 2.45) is 0 Å². The van der Waals surface area contributed by atoms with E-state index in [1.54, 1.807) is 0 Å². The lowest BCUT2D eigenvalue weighted by molar-refractivity contribution is -0.122. The van der Waals surface area contributed by atoms with E-state index in [4.69, 9.17) is 5.11 Å². The van der Waals surface area contributed by atoms with Crippen LogP contribution >= 0.6 is 0 Å². The van der Waals surface area contributed by atoms with Gasteiger partial charge in [0.1, 0.15) is 0 Å². The summed E-state index contributed by atoms with van der Waals surface area (Å²) in [5.41, 5.74) is 0. The van der Waals surface area contributed by atoms with Crippen molar-refractivity contribution in [2.45, 2.75) is 90.6 Å². The van der Waals surface area contributed by atoms with E-state index >= 15 is 0 Å². The average Bonchev–Trinajstić information content (AvgIpc) is 2.56. The van der Waals surface area contributed by atoms with Gasteiger partial charge in [0.05, 0.1) is 0 Å². The van der Waals surface area contributed by atoms with Crippen molar-refractivity contribution >= 4 is 11.8 Å². The molecule has 0 spiro atoms. The lowest BCUT2D eigenvalue weighted by atomic mass is 10.0. The number of carbonyl (C=O) groups is 2. The fourth-order valence-corrected chi connectivity index (χ4v) is 2.70. The minimum atomic E-state index is 0.0928. The Bertz CT molecular complexity index is 349. The lowest BCUT2D eigenvalue weighted by Gasteiger charge is -2.21. The SMILES string of the molecule is CCC(=O)NCCCCC(CC(=O)NCCCCCCO)NC(C)C. The van der Waals surface area contributed by atoms with Gasteiger partial charge in [0.25, 0.3) is 0 Å². The predicted molar refractivity (Wildman–Crippen MR) is 102 cm³/mol. The highest BCUT2D eigenvalue weighted by molar-refractivity contribution is 5.76. The van der Waals surface area contributed by atoms with E-state index in [-0.39, 0.29) is 24.5 Å². The number of nitrogens with one attached hydrogen (secondary N) is 3. The van der Waals surface area contributed by atoms with Crippen LogP contribution < -0.4 is 16.0 Å². The van der Waals surface area contributed by atoms with E-state index in [0.717, 1.165) is 44.9 Å². The van der Waals surface area contributed by atoms with Crippen molar-refractivity contribution in [3.63, 3.8) is 0 Å². The molecule has 0 aliphatic rings. The van der Waals surface area contributed by atoms with Gasteiger partial charge in [0, 0.05) is 44.6 Å². The first kappa shape index (κ1) is 23.9. The van der Waals surface area contributed by atoms with E-state index in [2.05, 4.69) is 29.8 Å². The quantitative estimate of drug-likeness (QED) is 0.319. The van der Waals surface area contributed by atoms with Crippen LogP contribution in [0.2, 0.25) is 0 Å². The number of hydrogen-bond donors (Lipinski definition) is 4. The number of unbranched alkanes of at least 4 members (excludes halogenated alkanes) is 4. The first-order valence-electron chi connectivity index (χ1n) is 9.89. The summed E-state index contributed by atoms with van der Waals surface area (Å²) in [6, 6.07) is 0.521. The highest BCUT2D eigenvalue weighted by Gasteiger charge is 2.14. The first-order chi connectivity index (χ1) is 12.0. The summed E-state index contributed by atoms with van der Waals surface area (Å²) in [6.45, 7) is 7.70. The van der Waals surface area contributed by atoms with Crippen molar-refractivity contribution in [2.75, 3.05) is 19.7 Å². The van der Waals surface area contributed by atoms with Crippen LogP contribution in [0, 0.1) is 0 Å². The Balaban J connectivity index is 3.92. The molecule has 0 bridgehead atoms. The zero-order valence-electron chi connectivity index (χ0n) is 16.4. The van der Waals surface area contributed by atoms with Crippen LogP contribution in [0.5, 0.6) is 0 Å². The van der Waals surface area contributed by atoms with E-state index in [1.165, 1.54) is 0 Å². The van der Waals surface area contributed by atoms with Gasteiger partial charge in [0.15, 0.2) is 0 Å². The number of carbonyl (C=O) groups excluding carboxylic acids is 2. The van der Waals surface area contributed by atoms with Crippen molar-refractivity contribution in [1.82, 2.24) is 16.0 Å². The van der Waals surface area contributed by atoms with Crippen LogP contribution in [0.3, 0.4) is 0 Å². The maximum atomic E-state index is 12.1. The Kier molecular flexibility index (Phi) is 15.6. The number of aliphatic hydroxyl groups excluding tert-OH is 1. The monoisotopic (exact) mass is 357 g/mol. The molecule has 0 saturated carbocycles. The number of amides is 2. The molecule has 148 valence electrons. The molecule has 1 atom stereocenters. The summed E-state index contributed by atoms with van der Waals surface area (Å²) in [6.07, 6.45) is 7.74. The van der Waals surface area contributed by atoms with Gasteiger partial charge in [-0.15, -0.1) is 0 Å². The average molecular weight is 358 g/mol. The number of aliphatic hydroxyl groups is 1. The van der Waals surface area contributed by atoms with Crippen LogP contribution in [0.15, 0.2) is 0 Å². The fourth-order valence-electron chi connectivity index (χ4n) is 2.70. The largest absolute Gasteiger partial charge is 0.396 e. The molecule has 0 radical (unpaired) electrons. The van der Waals surface area contributed by atoms with Crippen LogP contribution in [0.25, 0.3) is 0 Å². The molecular formula is C19H39N3O3. The highest BCUT2D eigenvalue weighted by atomic mass is 16.3. The molecule has 0 heterocycles. The molecule has 1 unspecified atom stereocenters. The third-order valence-electron chi connectivity index (χ3n) is 4.03. The van der Waals surface area contributed by atoms with Gasteiger partial charge in [-0.1, -0.05) is 40.0 Å². The maximum Gasteiger partial charge on any atom is 0.221 e. The van der Waals surface area contributed by atoms with Gasteiger partial charge >= 0.3 is 0 Å². The minimum Gasteiger partial charge on any atom is -0.396 e. The van der Waals surface area contributed by atoms with Crippen LogP contribution in [-0.4, -0.2) is 48.7 Å². The van der Waals surface area contributed by atoms with Gasteiger partial charge in [-0.05, 0) is 25.7 Å². The van der Waals surface area contributed by atoms with Gasteiger partial charge in [-0.2, -0.15) is 0 Å². The summed E-state index contributed by atoms with van der Waals surface area (Å²) in [5.74, 6) is 0.190. The Morgan fingerprint density at radius 2 is 1.48 bits per heavy atom. The fraction of sp³-hybridized carbons (Fsp3) is 0.895. The summed E-state index contributed by atoms with van der Waals surface area (Å²) in [5, 5.41) is 18.1. The topological polar surface area (TPSA) is 90.5 Å². The molecule has 0 aliphatic carbocycles. The molecule has 0 aromatic heterocycles. The second kappa shape index (κ2) is 16.3. The molecule has 0 saturated heterocycles. The van der Waals surface area contributed by atoms with Crippen molar-refractivity contribution in [3.8, 4) is 0 Å². The molecule has 6 nitrogen and oxygen atoms in total. The number of rotatable bonds is 16. The summed E-state index contributed by atoms with van der Waals surface area (Å²) < 4.78 is 0. The summed E-state index contributed by atoms with van der Waals surface area (Å²) in [4.78, 5) is 23.3. The normalized spacial score (nSPS) is 12.2. The predicted octanol–water partition coefficient (Wildman–Crippen LogP) is 2.11. The minimum absolute atomic E-state index is 0.0928. The third-order valence-corrected chi connectivity index (χ3v) is 4.03. The Labute approximate surface area is 153 Å². The van der Waals surface area contributed by atoms with Gasteiger partial charge < -0.3 is 21.1 Å². The smallest absolute Gasteiger partial charge is 0.221 e. The van der Waals surface area contributed by atoms with Gasteiger partial charge in [0.2, 0.25) is 11.8 Å². The highest BCUT2D eigenvalue weighted by Crippen LogP contribution is 2.06. The molecule has 0 aliphatic heterocycles. The van der Waals surface area contributed by atoms with Gasteiger partial charge in [-0.3, -0.25) is 9.59 Å². The van der Waals surface area contributed by atoms with Crippen molar-refractivity contribution in [3.05, 3.63) is 0 Å². The zero-order chi connectivity index (χ0) is 18.9. The van der Waals surface area contributed by atoms with Crippen LogP contribution in [0.1, 0.15) is 78.6 Å². The molecule has 0 aromatic rings. The van der Waals surface area contributed by atoms with Crippen molar-refractivity contribution in [1.29, 1.82) is 0 Å². The molecule has 25 heavy (non-hydrogen) atoms. The zero-order valence-corrected chi connectivity index (χ0v) is 16.4. The van der Waals surface area contributed by atoms with E-state index in [1.807, 2.05) is 6.92 Å². The lowest BCUT2D eigenvalue weighted by Crippen LogP contribution is -2.39. The molecule has 0 aromatic carbocycles. The molecule has 0 rings (SSSR count). The van der Waals surface area contributed by atoms with Gasteiger partial charge in [-0.25, -0.2) is 0 Å². The molecule has 6 heteroatoms. The summed E-state index contributed by atoms with van der Waals surface area (Å²) >= 11 is 0. The second-order valence-electron chi connectivity index (χ2n) is 6.91. The molecule has 0 fully saturated rings. The maximum absolute atomic E-state index is 12.1. The Hall–Kier alpha value is -1.14. The van der Waals surface area contributed by atoms with Crippen LogP contribution in [0.4, 0.5) is 0 Å². The van der Waals surface area contributed by atoms with Crippen molar-refractivity contribution < 1.29 is 14.7 Å². The third kappa shape index (κ3) is 16.1. The number of hydrogen-bond acceptors (Lipinski definition) is 4. The van der Waals surface area contributed by atoms with E-state index < -0.39 is 0 Å². The Morgan fingerprint density at radius 1 is 0.880 bits per heavy atom. The molecule has 2 amide bonds. The Morgan fingerprint density at radius 3 is 2.08 bits per heavy atom. The molecular weight excluding hydrogens is 318 g/mol. The van der Waals surface area contributed by atoms with E-state index in [0.29, 0.717) is 32.0 Å².